The molecular formula is C23H27NO2. The Morgan fingerprint density at radius 1 is 0.962 bits per heavy atom. The Bertz CT molecular complexity index is 862. The van der Waals surface area contributed by atoms with Crippen LogP contribution in [0.5, 0.6) is 0 Å². The number of furan rings is 1. The quantitative estimate of drug-likeness (QED) is 0.499. The normalized spacial score (nSPS) is 11.0. The maximum absolute atomic E-state index is 12.8. The summed E-state index contributed by atoms with van der Waals surface area (Å²) < 4.78 is 5.93. The minimum absolute atomic E-state index is 0.132. The third kappa shape index (κ3) is 4.16. The van der Waals surface area contributed by atoms with Crippen LogP contribution < -0.4 is 5.32 Å². The molecule has 3 rings (SSSR count). The highest BCUT2D eigenvalue weighted by Crippen LogP contribution is 2.35. The molecule has 0 radical (unpaired) electrons. The molecule has 3 heteroatoms. The fourth-order valence-electron chi connectivity index (χ4n) is 3.22. The molecule has 0 aliphatic carbocycles. The lowest BCUT2D eigenvalue weighted by molar-refractivity contribution is 0.0928. The standard InChI is InChI=1S/C23H27NO2/c1-3-4-5-6-9-16-24-23(25)22-21(18-14-12-17(2)13-15-18)19-10-7-8-11-20(19)26-22/h7-8,10-15H,3-6,9,16H2,1-2H3,(H,24,25). The first-order valence-corrected chi connectivity index (χ1v) is 9.57. The van der Waals surface area contributed by atoms with Crippen molar-refractivity contribution in [3.05, 3.63) is 59.9 Å². The Labute approximate surface area is 155 Å². The summed E-state index contributed by atoms with van der Waals surface area (Å²) in [5.41, 5.74) is 3.83. The van der Waals surface area contributed by atoms with Crippen LogP contribution >= 0.6 is 0 Å². The van der Waals surface area contributed by atoms with Crippen molar-refractivity contribution in [2.45, 2.75) is 46.0 Å². The molecule has 2 aromatic carbocycles. The Morgan fingerprint density at radius 3 is 2.46 bits per heavy atom. The van der Waals surface area contributed by atoms with Gasteiger partial charge in [-0.05, 0) is 25.0 Å². The van der Waals surface area contributed by atoms with E-state index in [2.05, 4.69) is 31.3 Å². The topological polar surface area (TPSA) is 42.2 Å². The Morgan fingerprint density at radius 2 is 1.69 bits per heavy atom. The van der Waals surface area contributed by atoms with Gasteiger partial charge in [0.15, 0.2) is 0 Å². The minimum atomic E-state index is -0.132. The Balaban J connectivity index is 1.82. The van der Waals surface area contributed by atoms with Crippen LogP contribution in [-0.2, 0) is 0 Å². The predicted molar refractivity (Wildman–Crippen MR) is 107 cm³/mol. The predicted octanol–water partition coefficient (Wildman–Crippen LogP) is 6.11. The lowest BCUT2D eigenvalue weighted by Crippen LogP contribution is -2.24. The van der Waals surface area contributed by atoms with Crippen molar-refractivity contribution in [3.8, 4) is 11.1 Å². The highest BCUT2D eigenvalue weighted by Gasteiger charge is 2.21. The molecular weight excluding hydrogens is 322 g/mol. The van der Waals surface area contributed by atoms with Crippen molar-refractivity contribution in [2.24, 2.45) is 0 Å². The van der Waals surface area contributed by atoms with Gasteiger partial charge in [0, 0.05) is 17.5 Å². The molecule has 1 N–H and O–H groups in total. The molecule has 3 nitrogen and oxygen atoms in total. The highest BCUT2D eigenvalue weighted by atomic mass is 16.3. The van der Waals surface area contributed by atoms with E-state index in [4.69, 9.17) is 4.42 Å². The Kier molecular flexibility index (Phi) is 6.11. The van der Waals surface area contributed by atoms with Crippen molar-refractivity contribution in [1.82, 2.24) is 5.32 Å². The van der Waals surface area contributed by atoms with Crippen LogP contribution in [-0.4, -0.2) is 12.5 Å². The average molecular weight is 349 g/mol. The zero-order valence-electron chi connectivity index (χ0n) is 15.7. The molecule has 3 aromatic rings. The van der Waals surface area contributed by atoms with Crippen LogP contribution in [0.1, 0.15) is 55.1 Å². The van der Waals surface area contributed by atoms with Crippen LogP contribution in [0.4, 0.5) is 0 Å². The number of amides is 1. The van der Waals surface area contributed by atoms with Crippen molar-refractivity contribution < 1.29 is 9.21 Å². The van der Waals surface area contributed by atoms with E-state index >= 15 is 0 Å². The van der Waals surface area contributed by atoms with E-state index in [1.165, 1.54) is 24.8 Å². The van der Waals surface area contributed by atoms with Crippen molar-refractivity contribution in [3.63, 3.8) is 0 Å². The number of hydrogen-bond donors (Lipinski definition) is 1. The smallest absolute Gasteiger partial charge is 0.287 e. The van der Waals surface area contributed by atoms with Gasteiger partial charge in [-0.1, -0.05) is 80.6 Å². The van der Waals surface area contributed by atoms with Crippen molar-refractivity contribution in [1.29, 1.82) is 0 Å². The maximum Gasteiger partial charge on any atom is 0.287 e. The molecule has 1 amide bonds. The fraction of sp³-hybridized carbons (Fsp3) is 0.348. The van der Waals surface area contributed by atoms with Gasteiger partial charge in [-0.15, -0.1) is 0 Å². The van der Waals surface area contributed by atoms with Gasteiger partial charge in [-0.3, -0.25) is 4.79 Å². The second-order valence-corrected chi connectivity index (χ2v) is 6.84. The number of benzene rings is 2. The van der Waals surface area contributed by atoms with Gasteiger partial charge in [0.25, 0.3) is 5.91 Å². The van der Waals surface area contributed by atoms with Gasteiger partial charge in [0.05, 0.1) is 0 Å². The molecule has 136 valence electrons. The number of rotatable bonds is 8. The molecule has 1 heterocycles. The van der Waals surface area contributed by atoms with E-state index in [-0.39, 0.29) is 5.91 Å². The number of hydrogen-bond acceptors (Lipinski definition) is 2. The summed E-state index contributed by atoms with van der Waals surface area (Å²) in [6.07, 6.45) is 5.87. The molecule has 1 aromatic heterocycles. The second-order valence-electron chi connectivity index (χ2n) is 6.84. The summed E-state index contributed by atoms with van der Waals surface area (Å²) in [6, 6.07) is 16.1. The van der Waals surface area contributed by atoms with Gasteiger partial charge in [0.1, 0.15) is 5.58 Å². The van der Waals surface area contributed by atoms with Crippen LogP contribution in [0.3, 0.4) is 0 Å². The van der Waals surface area contributed by atoms with Crippen LogP contribution in [0.2, 0.25) is 0 Å². The van der Waals surface area contributed by atoms with Gasteiger partial charge in [-0.2, -0.15) is 0 Å². The first-order chi connectivity index (χ1) is 12.7. The number of nitrogens with one attached hydrogen (secondary N) is 1. The average Bonchev–Trinajstić information content (AvgIpc) is 3.05. The zero-order valence-corrected chi connectivity index (χ0v) is 15.7. The second kappa shape index (κ2) is 8.70. The molecule has 0 aliphatic rings. The van der Waals surface area contributed by atoms with Crippen LogP contribution in [0, 0.1) is 6.92 Å². The van der Waals surface area contributed by atoms with E-state index in [0.29, 0.717) is 12.3 Å². The molecule has 0 unspecified atom stereocenters. The monoisotopic (exact) mass is 349 g/mol. The number of aryl methyl sites for hydroxylation is 1. The van der Waals surface area contributed by atoms with E-state index in [9.17, 15) is 4.79 Å². The lowest BCUT2D eigenvalue weighted by atomic mass is 10.0. The molecule has 0 atom stereocenters. The number of unbranched alkanes of at least 4 members (excludes halogenated alkanes) is 4. The molecule has 0 spiro atoms. The molecule has 0 saturated carbocycles. The first-order valence-electron chi connectivity index (χ1n) is 9.57. The summed E-state index contributed by atoms with van der Waals surface area (Å²) in [6.45, 7) is 4.95. The number of fused-ring (bicyclic) bond motifs is 1. The van der Waals surface area contributed by atoms with Crippen LogP contribution in [0.25, 0.3) is 22.1 Å². The lowest BCUT2D eigenvalue weighted by Gasteiger charge is -2.06. The van der Waals surface area contributed by atoms with E-state index < -0.39 is 0 Å². The number of carbonyl (C=O) groups excluding carboxylic acids is 1. The van der Waals surface area contributed by atoms with Gasteiger partial charge >= 0.3 is 0 Å². The Hall–Kier alpha value is -2.55. The molecule has 0 aliphatic heterocycles. The number of carbonyl (C=O) groups is 1. The minimum Gasteiger partial charge on any atom is -0.450 e. The summed E-state index contributed by atoms with van der Waals surface area (Å²) in [4.78, 5) is 12.8. The van der Waals surface area contributed by atoms with Crippen molar-refractivity contribution >= 4 is 16.9 Å². The number of para-hydroxylation sites is 1. The molecule has 26 heavy (non-hydrogen) atoms. The molecule has 0 saturated heterocycles. The molecule has 0 bridgehead atoms. The van der Waals surface area contributed by atoms with E-state index in [0.717, 1.165) is 34.9 Å². The van der Waals surface area contributed by atoms with Gasteiger partial charge in [0.2, 0.25) is 5.76 Å². The summed E-state index contributed by atoms with van der Waals surface area (Å²) in [5.74, 6) is 0.274. The maximum atomic E-state index is 12.8. The zero-order chi connectivity index (χ0) is 18.4. The molecule has 0 fully saturated rings. The first kappa shape index (κ1) is 18.2. The summed E-state index contributed by atoms with van der Waals surface area (Å²) in [5, 5.41) is 4.00. The largest absolute Gasteiger partial charge is 0.450 e. The van der Waals surface area contributed by atoms with Gasteiger partial charge < -0.3 is 9.73 Å². The van der Waals surface area contributed by atoms with E-state index in [1.807, 2.05) is 36.4 Å². The highest BCUT2D eigenvalue weighted by molar-refractivity contribution is 6.07. The third-order valence-corrected chi connectivity index (χ3v) is 4.71. The third-order valence-electron chi connectivity index (χ3n) is 4.71. The summed E-state index contributed by atoms with van der Waals surface area (Å²) >= 11 is 0. The SMILES string of the molecule is CCCCCCCNC(=O)c1oc2ccccc2c1-c1ccc(C)cc1. The van der Waals surface area contributed by atoms with E-state index in [1.54, 1.807) is 0 Å². The van der Waals surface area contributed by atoms with Gasteiger partial charge in [-0.25, -0.2) is 0 Å². The van der Waals surface area contributed by atoms with Crippen molar-refractivity contribution in [2.75, 3.05) is 6.54 Å². The van der Waals surface area contributed by atoms with Crippen LogP contribution in [0.15, 0.2) is 52.9 Å². The summed E-state index contributed by atoms with van der Waals surface area (Å²) in [7, 11) is 0. The fourth-order valence-corrected chi connectivity index (χ4v) is 3.22.